The van der Waals surface area contributed by atoms with Crippen LogP contribution in [0.3, 0.4) is 0 Å². The van der Waals surface area contributed by atoms with Gasteiger partial charge in [0.15, 0.2) is 0 Å². The Morgan fingerprint density at radius 2 is 1.77 bits per heavy atom. The summed E-state index contributed by atoms with van der Waals surface area (Å²) in [5, 5.41) is 19.3. The molecule has 0 atom stereocenters. The molecule has 4 rings (SSSR count). The van der Waals surface area contributed by atoms with Crippen molar-refractivity contribution in [1.29, 1.82) is 0 Å². The topological polar surface area (TPSA) is 102 Å². The summed E-state index contributed by atoms with van der Waals surface area (Å²) in [6.07, 6.45) is 3.69. The lowest BCUT2D eigenvalue weighted by Crippen LogP contribution is -2.38. The van der Waals surface area contributed by atoms with Gasteiger partial charge in [0.25, 0.3) is 11.6 Å². The number of likely N-dealkylation sites (tertiary alicyclic amines) is 1. The van der Waals surface area contributed by atoms with E-state index in [-0.39, 0.29) is 28.1 Å². The molecule has 26 heavy (non-hydrogen) atoms. The molecule has 2 aromatic rings. The lowest BCUT2D eigenvalue weighted by atomic mass is 9.96. The first-order chi connectivity index (χ1) is 12.5. The molecular weight excluding hydrogens is 360 g/mol. The van der Waals surface area contributed by atoms with Gasteiger partial charge in [0.2, 0.25) is 11.8 Å². The smallest absolute Gasteiger partial charge is 0.288 e. The molecule has 0 N–H and O–H groups in total. The Hall–Kier alpha value is -2.48. The summed E-state index contributed by atoms with van der Waals surface area (Å²) < 4.78 is 5.77. The van der Waals surface area contributed by atoms with Crippen LogP contribution in [0.25, 0.3) is 0 Å². The summed E-state index contributed by atoms with van der Waals surface area (Å²) in [7, 11) is 0. The van der Waals surface area contributed by atoms with Gasteiger partial charge < -0.3 is 9.32 Å². The number of rotatable bonds is 4. The second-order valence-electron chi connectivity index (χ2n) is 6.74. The quantitative estimate of drug-likeness (QED) is 0.597. The molecule has 136 valence electrons. The molecular formula is C17H17ClN4O4. The molecule has 1 aliphatic heterocycles. The monoisotopic (exact) mass is 376 g/mol. The molecule has 0 bridgehead atoms. The van der Waals surface area contributed by atoms with Crippen molar-refractivity contribution in [3.05, 3.63) is 50.7 Å². The molecule has 1 aromatic heterocycles. The van der Waals surface area contributed by atoms with E-state index in [1.165, 1.54) is 18.2 Å². The van der Waals surface area contributed by atoms with Gasteiger partial charge in [-0.3, -0.25) is 14.9 Å². The van der Waals surface area contributed by atoms with Gasteiger partial charge in [-0.2, -0.15) is 0 Å². The van der Waals surface area contributed by atoms with Gasteiger partial charge in [-0.1, -0.05) is 11.6 Å². The summed E-state index contributed by atoms with van der Waals surface area (Å²) in [4.78, 5) is 24.8. The van der Waals surface area contributed by atoms with Crippen molar-refractivity contribution in [2.24, 2.45) is 0 Å². The van der Waals surface area contributed by atoms with Crippen molar-refractivity contribution in [3.63, 3.8) is 0 Å². The van der Waals surface area contributed by atoms with Crippen LogP contribution in [0.2, 0.25) is 5.02 Å². The molecule has 1 saturated heterocycles. The van der Waals surface area contributed by atoms with Gasteiger partial charge in [0.1, 0.15) is 5.02 Å². The molecule has 2 aliphatic rings. The van der Waals surface area contributed by atoms with Crippen molar-refractivity contribution in [2.45, 2.75) is 37.5 Å². The zero-order valence-electron chi connectivity index (χ0n) is 13.9. The zero-order valence-corrected chi connectivity index (χ0v) is 14.7. The number of amides is 1. The maximum atomic E-state index is 12.6. The van der Waals surface area contributed by atoms with Crippen LogP contribution in [-0.4, -0.2) is 39.0 Å². The SMILES string of the molecule is O=C(c1ccc(Cl)c([N+](=O)[O-])c1)N1CCC(c2nnc(C3CC3)o2)CC1. The highest BCUT2D eigenvalue weighted by Crippen LogP contribution is 2.40. The highest BCUT2D eigenvalue weighted by Gasteiger charge is 2.32. The zero-order chi connectivity index (χ0) is 18.3. The number of aromatic nitrogens is 2. The summed E-state index contributed by atoms with van der Waals surface area (Å²) >= 11 is 5.81. The Labute approximate surface area is 154 Å². The van der Waals surface area contributed by atoms with Crippen LogP contribution in [0, 0.1) is 10.1 Å². The molecule has 0 radical (unpaired) electrons. The van der Waals surface area contributed by atoms with Gasteiger partial charge in [0, 0.05) is 36.6 Å². The van der Waals surface area contributed by atoms with E-state index >= 15 is 0 Å². The average Bonchev–Trinajstić information content (AvgIpc) is 3.38. The number of nitrogens with zero attached hydrogens (tertiary/aromatic N) is 4. The third-order valence-corrected chi connectivity index (χ3v) is 5.22. The third-order valence-electron chi connectivity index (χ3n) is 4.90. The number of carbonyl (C=O) groups excluding carboxylic acids is 1. The van der Waals surface area contributed by atoms with Gasteiger partial charge in [-0.25, -0.2) is 0 Å². The minimum absolute atomic E-state index is 0.0214. The van der Waals surface area contributed by atoms with E-state index in [1.54, 1.807) is 4.90 Å². The minimum atomic E-state index is -0.585. The van der Waals surface area contributed by atoms with Crippen LogP contribution in [0.5, 0.6) is 0 Å². The number of hydrogen-bond donors (Lipinski definition) is 0. The first-order valence-corrected chi connectivity index (χ1v) is 8.97. The van der Waals surface area contributed by atoms with E-state index in [0.717, 1.165) is 31.6 Å². The van der Waals surface area contributed by atoms with Crippen molar-refractivity contribution in [3.8, 4) is 0 Å². The molecule has 2 fully saturated rings. The minimum Gasteiger partial charge on any atom is -0.425 e. The molecule has 9 heteroatoms. The third kappa shape index (κ3) is 3.29. The largest absolute Gasteiger partial charge is 0.425 e. The van der Waals surface area contributed by atoms with Crippen molar-refractivity contribution in [1.82, 2.24) is 15.1 Å². The first kappa shape index (κ1) is 17.0. The van der Waals surface area contributed by atoms with Crippen molar-refractivity contribution < 1.29 is 14.1 Å². The molecule has 0 spiro atoms. The van der Waals surface area contributed by atoms with E-state index in [0.29, 0.717) is 24.9 Å². The van der Waals surface area contributed by atoms with Gasteiger partial charge >= 0.3 is 0 Å². The van der Waals surface area contributed by atoms with Crippen LogP contribution in [-0.2, 0) is 0 Å². The second kappa shape index (κ2) is 6.68. The van der Waals surface area contributed by atoms with Crippen LogP contribution in [0.1, 0.15) is 59.7 Å². The number of piperidine rings is 1. The molecule has 2 heterocycles. The molecule has 1 saturated carbocycles. The summed E-state index contributed by atoms with van der Waals surface area (Å²) in [5.74, 6) is 1.73. The highest BCUT2D eigenvalue weighted by molar-refractivity contribution is 6.32. The summed E-state index contributed by atoms with van der Waals surface area (Å²) in [6.45, 7) is 1.09. The van der Waals surface area contributed by atoms with E-state index < -0.39 is 4.92 Å². The predicted octanol–water partition coefficient (Wildman–Crippen LogP) is 3.53. The van der Waals surface area contributed by atoms with Crippen LogP contribution >= 0.6 is 11.6 Å². The van der Waals surface area contributed by atoms with Crippen molar-refractivity contribution >= 4 is 23.2 Å². The van der Waals surface area contributed by atoms with Gasteiger partial charge in [0.05, 0.1) is 4.92 Å². The summed E-state index contributed by atoms with van der Waals surface area (Å²) in [6, 6.07) is 4.14. The predicted molar refractivity (Wildman–Crippen MR) is 92.3 cm³/mol. The van der Waals surface area contributed by atoms with E-state index in [2.05, 4.69) is 10.2 Å². The Morgan fingerprint density at radius 1 is 1.15 bits per heavy atom. The Bertz CT molecular complexity index is 856. The summed E-state index contributed by atoms with van der Waals surface area (Å²) in [5.41, 5.74) is 0.0132. The fourth-order valence-corrected chi connectivity index (χ4v) is 3.39. The van der Waals surface area contributed by atoms with E-state index in [4.69, 9.17) is 16.0 Å². The van der Waals surface area contributed by atoms with Crippen LogP contribution < -0.4 is 0 Å². The number of benzene rings is 1. The van der Waals surface area contributed by atoms with E-state index in [1.807, 2.05) is 0 Å². The van der Waals surface area contributed by atoms with E-state index in [9.17, 15) is 14.9 Å². The fraction of sp³-hybridized carbons (Fsp3) is 0.471. The standard InChI is InChI=1S/C17H17ClN4O4/c18-13-4-3-12(9-14(13)22(24)25)17(23)21-7-5-11(6-8-21)16-20-19-15(26-16)10-1-2-10/h3-4,9-11H,1-2,5-8H2. The fourth-order valence-electron chi connectivity index (χ4n) is 3.20. The number of carbonyl (C=O) groups is 1. The molecule has 1 aromatic carbocycles. The second-order valence-corrected chi connectivity index (χ2v) is 7.15. The van der Waals surface area contributed by atoms with Crippen molar-refractivity contribution in [2.75, 3.05) is 13.1 Å². The average molecular weight is 377 g/mol. The number of halogens is 1. The van der Waals surface area contributed by atoms with Gasteiger partial charge in [-0.05, 0) is 37.8 Å². The number of nitro benzene ring substituents is 1. The van der Waals surface area contributed by atoms with Crippen LogP contribution in [0.4, 0.5) is 5.69 Å². The molecule has 0 unspecified atom stereocenters. The lowest BCUT2D eigenvalue weighted by molar-refractivity contribution is -0.384. The Balaban J connectivity index is 1.41. The molecule has 1 aliphatic carbocycles. The molecule has 8 nitrogen and oxygen atoms in total. The number of nitro groups is 1. The van der Waals surface area contributed by atoms with Gasteiger partial charge in [-0.15, -0.1) is 10.2 Å². The maximum absolute atomic E-state index is 12.6. The normalized spacial score (nSPS) is 18.1. The van der Waals surface area contributed by atoms with Crippen LogP contribution in [0.15, 0.2) is 22.6 Å². The first-order valence-electron chi connectivity index (χ1n) is 8.59. The lowest BCUT2D eigenvalue weighted by Gasteiger charge is -2.30. The number of hydrogen-bond acceptors (Lipinski definition) is 6. The Kier molecular flexibility index (Phi) is 4.36. The maximum Gasteiger partial charge on any atom is 0.288 e. The molecule has 1 amide bonds. The Morgan fingerprint density at radius 3 is 2.35 bits per heavy atom. The highest BCUT2D eigenvalue weighted by atomic mass is 35.5.